The van der Waals surface area contributed by atoms with Crippen molar-refractivity contribution in [1.82, 2.24) is 5.43 Å². The van der Waals surface area contributed by atoms with E-state index in [1.165, 1.54) is 13.3 Å². The minimum Gasteiger partial charge on any atom is -0.488 e. The number of para-hydroxylation sites is 1. The molecule has 152 valence electrons. The number of rotatable bonds is 7. The number of carbonyl (C=O) groups excluding carboxylic acids is 2. The Morgan fingerprint density at radius 3 is 2.33 bits per heavy atom. The number of hydrogen-bond donors (Lipinski definition) is 2. The molecule has 7 heteroatoms. The number of methoxy groups -OCH3 is 1. The molecule has 1 amide bonds. The lowest BCUT2D eigenvalue weighted by Crippen LogP contribution is -2.17. The van der Waals surface area contributed by atoms with Crippen molar-refractivity contribution >= 4 is 23.8 Å². The minimum absolute atomic E-state index is 0.310. The standard InChI is InChI=1S/C23H21N3O4/c1-29-23(28)18-8-6-16(7-9-18)15-30-21-5-3-2-4-19(21)14-25-26-22(27)17-10-12-20(24)13-11-17/h2-14H,15,24H2,1H3,(H,26,27). The first-order valence-corrected chi connectivity index (χ1v) is 9.15. The van der Waals surface area contributed by atoms with Gasteiger partial charge in [0.2, 0.25) is 0 Å². The van der Waals surface area contributed by atoms with Crippen LogP contribution in [-0.2, 0) is 11.3 Å². The molecule has 0 bridgehead atoms. The van der Waals surface area contributed by atoms with Gasteiger partial charge in [0.1, 0.15) is 12.4 Å². The Labute approximate surface area is 174 Å². The third-order valence-electron chi connectivity index (χ3n) is 4.23. The number of carbonyl (C=O) groups is 2. The van der Waals surface area contributed by atoms with Gasteiger partial charge in [0.15, 0.2) is 0 Å². The normalized spacial score (nSPS) is 10.6. The molecular formula is C23H21N3O4. The molecule has 0 aliphatic carbocycles. The fraction of sp³-hybridized carbons (Fsp3) is 0.0870. The molecule has 7 nitrogen and oxygen atoms in total. The second kappa shape index (κ2) is 9.88. The van der Waals surface area contributed by atoms with Crippen LogP contribution in [0, 0.1) is 0 Å². The summed E-state index contributed by atoms with van der Waals surface area (Å²) in [4.78, 5) is 23.6. The van der Waals surface area contributed by atoms with Crippen molar-refractivity contribution in [1.29, 1.82) is 0 Å². The van der Waals surface area contributed by atoms with E-state index in [1.54, 1.807) is 48.5 Å². The summed E-state index contributed by atoms with van der Waals surface area (Å²) in [7, 11) is 1.34. The maximum Gasteiger partial charge on any atom is 0.337 e. The minimum atomic E-state index is -0.384. The topological polar surface area (TPSA) is 103 Å². The number of hydrazone groups is 1. The lowest BCUT2D eigenvalue weighted by Gasteiger charge is -2.09. The van der Waals surface area contributed by atoms with E-state index in [9.17, 15) is 9.59 Å². The van der Waals surface area contributed by atoms with Gasteiger partial charge in [0.05, 0.1) is 18.9 Å². The SMILES string of the molecule is COC(=O)c1ccc(COc2ccccc2C=NNC(=O)c2ccc(N)cc2)cc1. The molecule has 3 N–H and O–H groups in total. The smallest absolute Gasteiger partial charge is 0.337 e. The molecule has 0 radical (unpaired) electrons. The molecule has 3 aromatic carbocycles. The fourth-order valence-corrected chi connectivity index (χ4v) is 2.59. The Bertz CT molecular complexity index is 1040. The molecule has 0 saturated carbocycles. The third-order valence-corrected chi connectivity index (χ3v) is 4.23. The van der Waals surface area contributed by atoms with Crippen LogP contribution in [0.15, 0.2) is 77.9 Å². The van der Waals surface area contributed by atoms with Gasteiger partial charge in [0, 0.05) is 16.8 Å². The Morgan fingerprint density at radius 1 is 0.967 bits per heavy atom. The first kappa shape index (κ1) is 20.6. The zero-order valence-corrected chi connectivity index (χ0v) is 16.4. The van der Waals surface area contributed by atoms with E-state index < -0.39 is 0 Å². The van der Waals surface area contributed by atoms with Gasteiger partial charge in [0.25, 0.3) is 5.91 Å². The van der Waals surface area contributed by atoms with E-state index >= 15 is 0 Å². The number of nitrogen functional groups attached to an aromatic ring is 1. The number of hydrogen-bond acceptors (Lipinski definition) is 6. The largest absolute Gasteiger partial charge is 0.488 e. The van der Waals surface area contributed by atoms with Crippen molar-refractivity contribution < 1.29 is 19.1 Å². The predicted molar refractivity (Wildman–Crippen MR) is 114 cm³/mol. The van der Waals surface area contributed by atoms with Crippen molar-refractivity contribution in [3.8, 4) is 5.75 Å². The van der Waals surface area contributed by atoms with Crippen LogP contribution in [0.4, 0.5) is 5.69 Å². The average Bonchev–Trinajstić information content (AvgIpc) is 2.78. The third kappa shape index (κ3) is 5.45. The van der Waals surface area contributed by atoms with E-state index in [4.69, 9.17) is 10.5 Å². The maximum absolute atomic E-state index is 12.1. The van der Waals surface area contributed by atoms with Gasteiger partial charge in [-0.25, -0.2) is 10.2 Å². The highest BCUT2D eigenvalue weighted by molar-refractivity contribution is 5.95. The summed E-state index contributed by atoms with van der Waals surface area (Å²) in [6.07, 6.45) is 1.52. The Morgan fingerprint density at radius 2 is 1.63 bits per heavy atom. The Balaban J connectivity index is 1.61. The van der Waals surface area contributed by atoms with E-state index in [2.05, 4.69) is 15.3 Å². The maximum atomic E-state index is 12.1. The summed E-state index contributed by atoms with van der Waals surface area (Å²) < 4.78 is 10.6. The van der Waals surface area contributed by atoms with Crippen LogP contribution >= 0.6 is 0 Å². The van der Waals surface area contributed by atoms with E-state index in [-0.39, 0.29) is 11.9 Å². The van der Waals surface area contributed by atoms with Gasteiger partial charge in [-0.1, -0.05) is 24.3 Å². The van der Waals surface area contributed by atoms with E-state index in [0.29, 0.717) is 34.7 Å². The second-order valence-corrected chi connectivity index (χ2v) is 6.34. The monoisotopic (exact) mass is 403 g/mol. The molecule has 0 aromatic heterocycles. The molecule has 0 atom stereocenters. The highest BCUT2D eigenvalue weighted by Crippen LogP contribution is 2.18. The number of anilines is 1. The van der Waals surface area contributed by atoms with Crippen LogP contribution in [-0.4, -0.2) is 25.2 Å². The summed E-state index contributed by atoms with van der Waals surface area (Å²) in [5, 5.41) is 4.01. The number of ether oxygens (including phenoxy) is 2. The van der Waals surface area contributed by atoms with Gasteiger partial charge in [-0.05, 0) is 54.1 Å². The molecule has 0 unspecified atom stereocenters. The molecular weight excluding hydrogens is 382 g/mol. The Kier molecular flexibility index (Phi) is 6.78. The molecule has 0 aliphatic heterocycles. The number of nitrogens with zero attached hydrogens (tertiary/aromatic N) is 1. The van der Waals surface area contributed by atoms with Crippen molar-refractivity contribution in [3.63, 3.8) is 0 Å². The number of nitrogens with two attached hydrogens (primary N) is 1. The van der Waals surface area contributed by atoms with Crippen molar-refractivity contribution in [2.45, 2.75) is 6.61 Å². The van der Waals surface area contributed by atoms with Crippen LogP contribution in [0.2, 0.25) is 0 Å². The second-order valence-electron chi connectivity index (χ2n) is 6.34. The number of nitrogens with one attached hydrogen (secondary N) is 1. The average molecular weight is 403 g/mol. The van der Waals surface area contributed by atoms with Crippen LogP contribution in [0.1, 0.15) is 31.8 Å². The summed E-state index contributed by atoms with van der Waals surface area (Å²) in [6.45, 7) is 0.310. The molecule has 0 heterocycles. The van der Waals surface area contributed by atoms with E-state index in [1.807, 2.05) is 24.3 Å². The highest BCUT2D eigenvalue weighted by atomic mass is 16.5. The quantitative estimate of drug-likeness (QED) is 0.272. The fourth-order valence-electron chi connectivity index (χ4n) is 2.59. The van der Waals surface area contributed by atoms with Crippen LogP contribution in [0.5, 0.6) is 5.75 Å². The summed E-state index contributed by atoms with van der Waals surface area (Å²) >= 11 is 0. The van der Waals surface area contributed by atoms with E-state index in [0.717, 1.165) is 5.56 Å². The lowest BCUT2D eigenvalue weighted by atomic mass is 10.1. The highest BCUT2D eigenvalue weighted by Gasteiger charge is 2.06. The van der Waals surface area contributed by atoms with Crippen molar-refractivity contribution in [2.24, 2.45) is 5.10 Å². The molecule has 30 heavy (non-hydrogen) atoms. The van der Waals surface area contributed by atoms with Gasteiger partial charge >= 0.3 is 5.97 Å². The zero-order valence-electron chi connectivity index (χ0n) is 16.4. The molecule has 0 aliphatic rings. The van der Waals surface area contributed by atoms with Crippen molar-refractivity contribution in [3.05, 3.63) is 95.1 Å². The van der Waals surface area contributed by atoms with Gasteiger partial charge in [-0.2, -0.15) is 5.10 Å². The van der Waals surface area contributed by atoms with Gasteiger partial charge in [-0.3, -0.25) is 4.79 Å². The molecule has 3 aromatic rings. The van der Waals surface area contributed by atoms with Gasteiger partial charge in [-0.15, -0.1) is 0 Å². The lowest BCUT2D eigenvalue weighted by molar-refractivity contribution is 0.0600. The number of benzene rings is 3. The summed E-state index contributed by atoms with van der Waals surface area (Å²) in [6, 6.07) is 20.9. The van der Waals surface area contributed by atoms with Gasteiger partial charge < -0.3 is 15.2 Å². The first-order valence-electron chi connectivity index (χ1n) is 9.15. The molecule has 0 saturated heterocycles. The van der Waals surface area contributed by atoms with Crippen molar-refractivity contribution in [2.75, 3.05) is 12.8 Å². The van der Waals surface area contributed by atoms with Crippen LogP contribution in [0.25, 0.3) is 0 Å². The zero-order chi connectivity index (χ0) is 21.3. The summed E-state index contributed by atoms with van der Waals surface area (Å²) in [5.41, 5.74) is 11.2. The first-order chi connectivity index (χ1) is 14.6. The number of amides is 1. The Hall–Kier alpha value is -4.13. The predicted octanol–water partition coefficient (Wildman–Crippen LogP) is 3.40. The number of esters is 1. The molecule has 3 rings (SSSR count). The molecule has 0 spiro atoms. The van der Waals surface area contributed by atoms with Crippen LogP contribution in [0.3, 0.4) is 0 Å². The van der Waals surface area contributed by atoms with Crippen LogP contribution < -0.4 is 15.9 Å². The summed E-state index contributed by atoms with van der Waals surface area (Å²) in [5.74, 6) is -0.111. The molecule has 0 fully saturated rings.